The Morgan fingerprint density at radius 1 is 1.08 bits per heavy atom. The van der Waals surface area contributed by atoms with E-state index in [-0.39, 0.29) is 0 Å². The Balaban J connectivity index is 1.81. The number of halogens is 2. The van der Waals surface area contributed by atoms with Gasteiger partial charge in [-0.05, 0) is 37.1 Å². The molecule has 1 N–H and O–H groups in total. The van der Waals surface area contributed by atoms with Crippen LogP contribution >= 0.6 is 27.5 Å². The average molecular weight is 405 g/mol. The van der Waals surface area contributed by atoms with Crippen LogP contribution in [0.3, 0.4) is 0 Å². The van der Waals surface area contributed by atoms with E-state index in [0.29, 0.717) is 6.04 Å². The standard InChI is InChI=1S/C19H19BrClN3/c20-14-10-11-24-17(12-14)23-18(13-6-8-15(21)9-7-13)19(24)22-16-4-2-1-3-5-16/h6-12,16,22H,1-5H2. The van der Waals surface area contributed by atoms with E-state index in [9.17, 15) is 0 Å². The molecule has 124 valence electrons. The summed E-state index contributed by atoms with van der Waals surface area (Å²) in [6.07, 6.45) is 8.47. The van der Waals surface area contributed by atoms with Crippen molar-refractivity contribution in [1.82, 2.24) is 9.38 Å². The highest BCUT2D eigenvalue weighted by Crippen LogP contribution is 2.32. The smallest absolute Gasteiger partial charge is 0.140 e. The number of anilines is 1. The summed E-state index contributed by atoms with van der Waals surface area (Å²) in [5, 5.41) is 4.50. The van der Waals surface area contributed by atoms with Crippen LogP contribution < -0.4 is 5.32 Å². The van der Waals surface area contributed by atoms with E-state index in [0.717, 1.165) is 32.2 Å². The topological polar surface area (TPSA) is 29.3 Å². The molecule has 1 aliphatic carbocycles. The number of fused-ring (bicyclic) bond motifs is 1. The molecule has 0 atom stereocenters. The Morgan fingerprint density at radius 2 is 1.83 bits per heavy atom. The Labute approximate surface area is 155 Å². The Bertz CT molecular complexity index is 851. The number of nitrogens with one attached hydrogen (secondary N) is 1. The average Bonchev–Trinajstić information content (AvgIpc) is 2.94. The SMILES string of the molecule is Clc1ccc(-c2nc3cc(Br)ccn3c2NC2CCCCC2)cc1. The summed E-state index contributed by atoms with van der Waals surface area (Å²) >= 11 is 9.59. The molecule has 0 amide bonds. The minimum atomic E-state index is 0.522. The summed E-state index contributed by atoms with van der Waals surface area (Å²) in [5.41, 5.74) is 3.00. The molecule has 1 aliphatic rings. The van der Waals surface area contributed by atoms with Gasteiger partial charge in [-0.15, -0.1) is 0 Å². The molecule has 24 heavy (non-hydrogen) atoms. The van der Waals surface area contributed by atoms with Crippen molar-refractivity contribution in [3.63, 3.8) is 0 Å². The maximum absolute atomic E-state index is 6.05. The number of hydrogen-bond donors (Lipinski definition) is 1. The van der Waals surface area contributed by atoms with E-state index in [4.69, 9.17) is 16.6 Å². The van der Waals surface area contributed by atoms with Crippen LogP contribution in [0, 0.1) is 0 Å². The molecular formula is C19H19BrClN3. The van der Waals surface area contributed by atoms with Crippen molar-refractivity contribution >= 4 is 39.0 Å². The lowest BCUT2D eigenvalue weighted by Gasteiger charge is -2.24. The molecule has 0 radical (unpaired) electrons. The molecule has 0 bridgehead atoms. The Hall–Kier alpha value is -1.52. The van der Waals surface area contributed by atoms with Gasteiger partial charge in [0.2, 0.25) is 0 Å². The van der Waals surface area contributed by atoms with Crippen molar-refractivity contribution in [1.29, 1.82) is 0 Å². The second kappa shape index (κ2) is 6.77. The highest BCUT2D eigenvalue weighted by molar-refractivity contribution is 9.10. The third kappa shape index (κ3) is 3.17. The number of benzene rings is 1. The van der Waals surface area contributed by atoms with E-state index >= 15 is 0 Å². The summed E-state index contributed by atoms with van der Waals surface area (Å²) in [4.78, 5) is 4.87. The zero-order valence-corrected chi connectivity index (χ0v) is 15.6. The number of nitrogens with zero attached hydrogens (tertiary/aromatic N) is 2. The van der Waals surface area contributed by atoms with Gasteiger partial charge in [0, 0.05) is 27.3 Å². The highest BCUT2D eigenvalue weighted by atomic mass is 79.9. The first-order valence-corrected chi connectivity index (χ1v) is 9.58. The van der Waals surface area contributed by atoms with Crippen LogP contribution in [0.4, 0.5) is 5.82 Å². The van der Waals surface area contributed by atoms with Gasteiger partial charge in [0.25, 0.3) is 0 Å². The van der Waals surface area contributed by atoms with Crippen molar-refractivity contribution in [2.45, 2.75) is 38.1 Å². The molecule has 2 heterocycles. The first-order valence-electron chi connectivity index (χ1n) is 8.41. The monoisotopic (exact) mass is 403 g/mol. The molecule has 0 unspecified atom stereocenters. The number of hydrogen-bond acceptors (Lipinski definition) is 2. The van der Waals surface area contributed by atoms with Crippen LogP contribution in [-0.2, 0) is 0 Å². The van der Waals surface area contributed by atoms with E-state index < -0.39 is 0 Å². The molecule has 4 rings (SSSR count). The van der Waals surface area contributed by atoms with Crippen molar-refractivity contribution in [2.24, 2.45) is 0 Å². The lowest BCUT2D eigenvalue weighted by molar-refractivity contribution is 0.462. The second-order valence-electron chi connectivity index (χ2n) is 6.37. The molecule has 2 aromatic heterocycles. The summed E-state index contributed by atoms with van der Waals surface area (Å²) in [7, 11) is 0. The first-order chi connectivity index (χ1) is 11.7. The van der Waals surface area contributed by atoms with Crippen LogP contribution in [0.1, 0.15) is 32.1 Å². The van der Waals surface area contributed by atoms with Crippen LogP contribution in [0.5, 0.6) is 0 Å². The minimum absolute atomic E-state index is 0.522. The predicted molar refractivity (Wildman–Crippen MR) is 104 cm³/mol. The van der Waals surface area contributed by atoms with Gasteiger partial charge in [0.05, 0.1) is 0 Å². The molecule has 0 aliphatic heterocycles. The van der Waals surface area contributed by atoms with Crippen LogP contribution in [0.25, 0.3) is 16.9 Å². The fourth-order valence-corrected chi connectivity index (χ4v) is 3.86. The lowest BCUT2D eigenvalue weighted by atomic mass is 9.95. The second-order valence-corrected chi connectivity index (χ2v) is 7.72. The number of rotatable bonds is 3. The van der Waals surface area contributed by atoms with E-state index in [1.807, 2.05) is 36.4 Å². The van der Waals surface area contributed by atoms with Crippen molar-refractivity contribution in [2.75, 3.05) is 5.32 Å². The summed E-state index contributed by atoms with van der Waals surface area (Å²) in [6.45, 7) is 0. The molecule has 3 nitrogen and oxygen atoms in total. The summed E-state index contributed by atoms with van der Waals surface area (Å²) < 4.78 is 3.18. The Kier molecular flexibility index (Phi) is 4.51. The van der Waals surface area contributed by atoms with Crippen LogP contribution in [0.2, 0.25) is 5.02 Å². The van der Waals surface area contributed by atoms with E-state index in [1.54, 1.807) is 0 Å². The van der Waals surface area contributed by atoms with Crippen molar-refractivity contribution < 1.29 is 0 Å². The Morgan fingerprint density at radius 3 is 2.58 bits per heavy atom. The molecule has 1 aromatic carbocycles. The fraction of sp³-hybridized carbons (Fsp3) is 0.316. The van der Waals surface area contributed by atoms with Crippen molar-refractivity contribution in [3.05, 3.63) is 52.1 Å². The van der Waals surface area contributed by atoms with Gasteiger partial charge in [0.1, 0.15) is 17.2 Å². The predicted octanol–water partition coefficient (Wildman–Crippen LogP) is 6.16. The summed E-state index contributed by atoms with van der Waals surface area (Å²) in [5.74, 6) is 1.08. The maximum atomic E-state index is 6.05. The molecule has 1 saturated carbocycles. The quantitative estimate of drug-likeness (QED) is 0.566. The largest absolute Gasteiger partial charge is 0.367 e. The minimum Gasteiger partial charge on any atom is -0.367 e. The molecule has 0 saturated heterocycles. The van der Waals surface area contributed by atoms with Crippen LogP contribution in [0.15, 0.2) is 47.1 Å². The van der Waals surface area contributed by atoms with Gasteiger partial charge in [-0.3, -0.25) is 4.40 Å². The number of pyridine rings is 1. The molecular weight excluding hydrogens is 386 g/mol. The third-order valence-electron chi connectivity index (χ3n) is 4.65. The molecule has 1 fully saturated rings. The van der Waals surface area contributed by atoms with Gasteiger partial charge >= 0.3 is 0 Å². The maximum Gasteiger partial charge on any atom is 0.140 e. The molecule has 0 spiro atoms. The zero-order valence-electron chi connectivity index (χ0n) is 13.3. The van der Waals surface area contributed by atoms with Crippen molar-refractivity contribution in [3.8, 4) is 11.3 Å². The van der Waals surface area contributed by atoms with Gasteiger partial charge in [-0.1, -0.05) is 58.9 Å². The molecule has 3 aromatic rings. The van der Waals surface area contributed by atoms with Crippen LogP contribution in [-0.4, -0.2) is 15.4 Å². The van der Waals surface area contributed by atoms with Gasteiger partial charge < -0.3 is 5.32 Å². The number of aromatic nitrogens is 2. The van der Waals surface area contributed by atoms with Gasteiger partial charge in [0.15, 0.2) is 0 Å². The van der Waals surface area contributed by atoms with E-state index in [2.05, 4.69) is 31.8 Å². The normalized spacial score (nSPS) is 15.8. The first kappa shape index (κ1) is 16.0. The number of imidazole rings is 1. The summed E-state index contributed by atoms with van der Waals surface area (Å²) in [6, 6.07) is 12.5. The van der Waals surface area contributed by atoms with Gasteiger partial charge in [-0.25, -0.2) is 4.98 Å². The lowest BCUT2D eigenvalue weighted by Crippen LogP contribution is -2.23. The molecule has 5 heteroatoms. The fourth-order valence-electron chi connectivity index (χ4n) is 3.41. The van der Waals surface area contributed by atoms with E-state index in [1.165, 1.54) is 32.1 Å². The third-order valence-corrected chi connectivity index (χ3v) is 5.40. The highest BCUT2D eigenvalue weighted by Gasteiger charge is 2.19. The zero-order chi connectivity index (χ0) is 16.5. The van der Waals surface area contributed by atoms with Gasteiger partial charge in [-0.2, -0.15) is 0 Å².